The molecule has 138 valence electrons. The van der Waals surface area contributed by atoms with Crippen molar-refractivity contribution in [3.8, 4) is 5.75 Å². The van der Waals surface area contributed by atoms with E-state index in [1.807, 2.05) is 45.9 Å². The lowest BCUT2D eigenvalue weighted by molar-refractivity contribution is -0.395. The fraction of sp³-hybridized carbons (Fsp3) is 0.647. The maximum atomic E-state index is 5.32. The van der Waals surface area contributed by atoms with Crippen molar-refractivity contribution in [1.82, 2.24) is 0 Å². The number of ether oxygens (including phenoxy) is 6. The van der Waals surface area contributed by atoms with Crippen LogP contribution in [0.25, 0.3) is 11.2 Å². The Bertz CT molecular complexity index is 487. The van der Waals surface area contributed by atoms with Crippen molar-refractivity contribution < 1.29 is 32.8 Å². The van der Waals surface area contributed by atoms with E-state index >= 15 is 0 Å². The second-order valence-electron chi connectivity index (χ2n) is 4.45. The van der Waals surface area contributed by atoms with Gasteiger partial charge in [0.2, 0.25) is 0 Å². The minimum atomic E-state index is -0.733. The van der Waals surface area contributed by atoms with Crippen LogP contribution < -0.4 is 4.74 Å². The Morgan fingerprint density at radius 1 is 0.833 bits per heavy atom. The summed E-state index contributed by atoms with van der Waals surface area (Å²) in [5.41, 5.74) is 1.70. The normalized spacial score (nSPS) is 11.3. The molecule has 7 nitrogen and oxygen atoms in total. The first-order chi connectivity index (χ1) is 11.7. The van der Waals surface area contributed by atoms with Gasteiger partial charge >= 0.3 is 0 Å². The summed E-state index contributed by atoms with van der Waals surface area (Å²) in [4.78, 5) is 0. The molecule has 0 aliphatic carbocycles. The van der Waals surface area contributed by atoms with E-state index in [2.05, 4.69) is 0 Å². The first-order valence-electron chi connectivity index (χ1n) is 8.16. The van der Waals surface area contributed by atoms with Crippen molar-refractivity contribution in [2.75, 3.05) is 33.5 Å². The number of rotatable bonds is 11. The molecule has 0 radical (unpaired) electrons. The molecule has 2 bridgehead atoms. The van der Waals surface area contributed by atoms with Gasteiger partial charge in [-0.1, -0.05) is 0 Å². The molecule has 0 atom stereocenters. The molecule has 0 aliphatic rings. The number of fused-ring (bicyclic) bond motifs is 2. The van der Waals surface area contributed by atoms with E-state index in [0.29, 0.717) is 26.4 Å². The summed E-state index contributed by atoms with van der Waals surface area (Å²) in [6.07, 6.45) is 0. The molecule has 2 heterocycles. The zero-order chi connectivity index (χ0) is 17.8. The molecule has 7 heteroatoms. The van der Waals surface area contributed by atoms with Gasteiger partial charge in [-0.2, -0.15) is 0 Å². The monoisotopic (exact) mass is 344 g/mol. The molecule has 0 saturated heterocycles. The highest BCUT2D eigenvalue weighted by molar-refractivity contribution is 5.69. The fourth-order valence-electron chi connectivity index (χ4n) is 1.81. The SMILES string of the molecule is CCOC(OCC)OC(OCC)OCC.COc1cc2ccc1o2. The van der Waals surface area contributed by atoms with Gasteiger partial charge in [-0.15, -0.1) is 0 Å². The number of hydrogen-bond donors (Lipinski definition) is 0. The van der Waals surface area contributed by atoms with Crippen molar-refractivity contribution >= 4 is 11.2 Å². The maximum absolute atomic E-state index is 5.32. The zero-order valence-corrected chi connectivity index (χ0v) is 15.1. The number of furan rings is 2. The third-order valence-corrected chi connectivity index (χ3v) is 2.80. The predicted octanol–water partition coefficient (Wildman–Crippen LogP) is 3.60. The molecule has 2 aromatic heterocycles. The standard InChI is InChI=1S/C10H22O5.C7H6O2/c1-5-11-9(12-6-2)15-10(13-7-3)14-8-4;1-8-7-4-5-2-3-6(7)9-5/h9-10H,5-8H2,1-4H3;2-4H,1H3. The van der Waals surface area contributed by atoms with Crippen LogP contribution in [0.15, 0.2) is 22.6 Å². The fourth-order valence-corrected chi connectivity index (χ4v) is 1.81. The average molecular weight is 344 g/mol. The van der Waals surface area contributed by atoms with Gasteiger partial charge in [-0.05, 0) is 39.8 Å². The Kier molecular flexibility index (Phi) is 10.4. The molecule has 2 rings (SSSR count). The van der Waals surface area contributed by atoms with Crippen LogP contribution >= 0.6 is 0 Å². The van der Waals surface area contributed by atoms with Crippen LogP contribution in [-0.4, -0.2) is 46.5 Å². The van der Waals surface area contributed by atoms with Crippen LogP contribution in [0.1, 0.15) is 27.7 Å². The van der Waals surface area contributed by atoms with Crippen molar-refractivity contribution in [3.05, 3.63) is 18.2 Å². The zero-order valence-electron chi connectivity index (χ0n) is 15.1. The third kappa shape index (κ3) is 7.02. The van der Waals surface area contributed by atoms with Gasteiger partial charge in [0.25, 0.3) is 13.0 Å². The van der Waals surface area contributed by atoms with Gasteiger partial charge in [0.15, 0.2) is 11.3 Å². The number of methoxy groups -OCH3 is 1. The summed E-state index contributed by atoms with van der Waals surface area (Å²) in [5, 5.41) is 0. The van der Waals surface area contributed by atoms with Crippen molar-refractivity contribution in [2.24, 2.45) is 0 Å². The summed E-state index contributed by atoms with van der Waals surface area (Å²) in [5.74, 6) is 0.826. The highest BCUT2D eigenvalue weighted by Gasteiger charge is 2.17. The van der Waals surface area contributed by atoms with E-state index in [-0.39, 0.29) is 0 Å². The van der Waals surface area contributed by atoms with E-state index in [0.717, 1.165) is 16.9 Å². The molecule has 0 fully saturated rings. The highest BCUT2D eigenvalue weighted by Crippen LogP contribution is 2.27. The molecule has 0 saturated carbocycles. The molecule has 0 unspecified atom stereocenters. The van der Waals surface area contributed by atoms with Crippen molar-refractivity contribution in [3.63, 3.8) is 0 Å². The van der Waals surface area contributed by atoms with E-state index in [1.54, 1.807) is 7.11 Å². The Balaban J connectivity index is 0.000000267. The van der Waals surface area contributed by atoms with E-state index in [4.69, 9.17) is 32.8 Å². The molecule has 2 aromatic rings. The Hall–Kier alpha value is -1.38. The lowest BCUT2D eigenvalue weighted by Gasteiger charge is -2.23. The van der Waals surface area contributed by atoms with Gasteiger partial charge in [-0.25, -0.2) is 0 Å². The molecular formula is C17H28O7. The van der Waals surface area contributed by atoms with Gasteiger partial charge < -0.3 is 28.1 Å². The van der Waals surface area contributed by atoms with E-state index in [9.17, 15) is 0 Å². The summed E-state index contributed by atoms with van der Waals surface area (Å²) in [6.45, 7) is 8.04. The Morgan fingerprint density at radius 2 is 1.33 bits per heavy atom. The molecule has 0 aromatic carbocycles. The third-order valence-electron chi connectivity index (χ3n) is 2.80. The average Bonchev–Trinajstić information content (AvgIpc) is 3.19. The molecular weight excluding hydrogens is 316 g/mol. The number of benzene rings is 1. The molecule has 0 N–H and O–H groups in total. The molecule has 24 heavy (non-hydrogen) atoms. The molecule has 0 amide bonds. The summed E-state index contributed by atoms with van der Waals surface area (Å²) < 4.78 is 36.3. The van der Waals surface area contributed by atoms with Crippen LogP contribution in [0.3, 0.4) is 0 Å². The summed E-state index contributed by atoms with van der Waals surface area (Å²) >= 11 is 0. The van der Waals surface area contributed by atoms with Gasteiger partial charge in [0, 0.05) is 32.5 Å². The number of hydrogen-bond acceptors (Lipinski definition) is 7. The summed E-state index contributed by atoms with van der Waals surface area (Å²) in [7, 11) is 1.64. The second-order valence-corrected chi connectivity index (χ2v) is 4.45. The lowest BCUT2D eigenvalue weighted by atomic mass is 10.3. The highest BCUT2D eigenvalue weighted by atomic mass is 16.9. The van der Waals surface area contributed by atoms with Crippen molar-refractivity contribution in [2.45, 2.75) is 40.6 Å². The Labute approximate surface area is 143 Å². The van der Waals surface area contributed by atoms with Crippen LogP contribution in [0, 0.1) is 0 Å². The maximum Gasteiger partial charge on any atom is 0.275 e. The largest absolute Gasteiger partial charge is 0.493 e. The van der Waals surface area contributed by atoms with Crippen LogP contribution in [0.4, 0.5) is 0 Å². The summed E-state index contributed by atoms with van der Waals surface area (Å²) in [6, 6.07) is 5.68. The van der Waals surface area contributed by atoms with E-state index < -0.39 is 13.0 Å². The van der Waals surface area contributed by atoms with Gasteiger partial charge in [0.1, 0.15) is 5.58 Å². The topological polar surface area (TPSA) is 68.5 Å². The van der Waals surface area contributed by atoms with Crippen LogP contribution in [0.2, 0.25) is 0 Å². The minimum Gasteiger partial charge on any atom is -0.493 e. The Morgan fingerprint density at radius 3 is 1.58 bits per heavy atom. The first-order valence-corrected chi connectivity index (χ1v) is 8.16. The van der Waals surface area contributed by atoms with Crippen molar-refractivity contribution in [1.29, 1.82) is 0 Å². The predicted molar refractivity (Wildman–Crippen MR) is 89.1 cm³/mol. The smallest absolute Gasteiger partial charge is 0.275 e. The van der Waals surface area contributed by atoms with Crippen LogP contribution in [0.5, 0.6) is 5.75 Å². The van der Waals surface area contributed by atoms with Gasteiger partial charge in [0.05, 0.1) is 7.11 Å². The lowest BCUT2D eigenvalue weighted by Crippen LogP contribution is -2.31. The van der Waals surface area contributed by atoms with Crippen LogP contribution in [-0.2, 0) is 23.7 Å². The molecule has 0 aliphatic heterocycles. The minimum absolute atomic E-state index is 0.510. The molecule has 0 spiro atoms. The quantitative estimate of drug-likeness (QED) is 0.577. The second kappa shape index (κ2) is 12.0. The van der Waals surface area contributed by atoms with E-state index in [1.165, 1.54) is 0 Å². The first kappa shape index (κ1) is 20.7. The van der Waals surface area contributed by atoms with Gasteiger partial charge in [-0.3, -0.25) is 4.74 Å².